The van der Waals surface area contributed by atoms with Crippen molar-refractivity contribution in [1.82, 2.24) is 19.9 Å². The Balaban J connectivity index is 2.00. The zero-order chi connectivity index (χ0) is 17.8. The van der Waals surface area contributed by atoms with Crippen molar-refractivity contribution < 1.29 is 9.53 Å². The third-order valence-electron chi connectivity index (χ3n) is 3.39. The number of esters is 1. The van der Waals surface area contributed by atoms with Gasteiger partial charge in [-0.1, -0.05) is 0 Å². The highest BCUT2D eigenvalue weighted by Crippen LogP contribution is 2.34. The lowest BCUT2D eigenvalue weighted by molar-refractivity contribution is -0.142. The standard InChI is InChI=1S/C16H13N5O3S/c1-9-13(25-15(19-9)10-4-3-6-17-8-10)11-5-7-18-14(20-11)12(21-23)16(22)24-2/h3-8,12H,1-2H3. The van der Waals surface area contributed by atoms with Crippen molar-refractivity contribution in [3.8, 4) is 21.1 Å². The third-order valence-corrected chi connectivity index (χ3v) is 4.62. The maximum atomic E-state index is 11.6. The average molecular weight is 355 g/mol. The van der Waals surface area contributed by atoms with E-state index >= 15 is 0 Å². The van der Waals surface area contributed by atoms with Crippen LogP contribution < -0.4 is 0 Å². The van der Waals surface area contributed by atoms with Gasteiger partial charge in [-0.2, -0.15) is 0 Å². The van der Waals surface area contributed by atoms with E-state index in [-0.39, 0.29) is 5.82 Å². The highest BCUT2D eigenvalue weighted by atomic mass is 32.1. The lowest BCUT2D eigenvalue weighted by atomic mass is 10.2. The summed E-state index contributed by atoms with van der Waals surface area (Å²) in [6, 6.07) is 4.06. The number of pyridine rings is 1. The SMILES string of the molecule is COC(=O)C(N=O)c1nccc(-c2sc(-c3cccnc3)nc2C)n1. The lowest BCUT2D eigenvalue weighted by Crippen LogP contribution is -2.14. The molecule has 0 saturated heterocycles. The van der Waals surface area contributed by atoms with Gasteiger partial charge in [-0.3, -0.25) is 4.98 Å². The monoisotopic (exact) mass is 355 g/mol. The van der Waals surface area contributed by atoms with E-state index in [1.54, 1.807) is 18.5 Å². The van der Waals surface area contributed by atoms with Crippen LogP contribution in [-0.4, -0.2) is 33.0 Å². The molecule has 3 aromatic rings. The molecule has 0 spiro atoms. The van der Waals surface area contributed by atoms with Gasteiger partial charge in [0.05, 0.1) is 23.4 Å². The maximum absolute atomic E-state index is 11.6. The van der Waals surface area contributed by atoms with Crippen molar-refractivity contribution in [3.05, 3.63) is 53.2 Å². The zero-order valence-electron chi connectivity index (χ0n) is 13.4. The summed E-state index contributed by atoms with van der Waals surface area (Å²) in [6.07, 6.45) is 4.90. The van der Waals surface area contributed by atoms with Crippen molar-refractivity contribution >= 4 is 17.3 Å². The van der Waals surface area contributed by atoms with Crippen LogP contribution in [-0.2, 0) is 9.53 Å². The van der Waals surface area contributed by atoms with Gasteiger partial charge in [0.2, 0.25) is 6.04 Å². The summed E-state index contributed by atoms with van der Waals surface area (Å²) in [4.78, 5) is 40.3. The van der Waals surface area contributed by atoms with Gasteiger partial charge in [-0.15, -0.1) is 16.2 Å². The van der Waals surface area contributed by atoms with Crippen molar-refractivity contribution in [2.45, 2.75) is 13.0 Å². The van der Waals surface area contributed by atoms with Crippen molar-refractivity contribution in [2.75, 3.05) is 7.11 Å². The minimum Gasteiger partial charge on any atom is -0.467 e. The van der Waals surface area contributed by atoms with Crippen LogP contribution in [0.3, 0.4) is 0 Å². The van der Waals surface area contributed by atoms with Crippen LogP contribution in [0.4, 0.5) is 0 Å². The summed E-state index contributed by atoms with van der Waals surface area (Å²) in [5.74, 6) is -0.806. The van der Waals surface area contributed by atoms with Gasteiger partial charge in [-0.05, 0) is 30.3 Å². The molecule has 0 aromatic carbocycles. The van der Waals surface area contributed by atoms with Crippen LogP contribution in [0.1, 0.15) is 17.6 Å². The first-order valence-corrected chi connectivity index (χ1v) is 8.07. The van der Waals surface area contributed by atoms with Crippen molar-refractivity contribution in [1.29, 1.82) is 0 Å². The van der Waals surface area contributed by atoms with Crippen LogP contribution in [0.25, 0.3) is 21.1 Å². The number of nitroso groups, excluding NO2 is 1. The predicted molar refractivity (Wildman–Crippen MR) is 91.7 cm³/mol. The molecule has 126 valence electrons. The molecule has 0 bridgehead atoms. The first-order chi connectivity index (χ1) is 12.1. The number of thiazole rings is 1. The van der Waals surface area contributed by atoms with Gasteiger partial charge >= 0.3 is 5.97 Å². The summed E-state index contributed by atoms with van der Waals surface area (Å²) in [5.41, 5.74) is 2.24. The molecular formula is C16H13N5O3S. The van der Waals surface area contributed by atoms with Gasteiger partial charge < -0.3 is 4.74 Å². The Morgan fingerprint density at radius 3 is 2.80 bits per heavy atom. The van der Waals surface area contributed by atoms with E-state index in [1.807, 2.05) is 19.1 Å². The largest absolute Gasteiger partial charge is 0.467 e. The fraction of sp³-hybridized carbons (Fsp3) is 0.188. The Morgan fingerprint density at radius 2 is 2.12 bits per heavy atom. The minimum atomic E-state index is -1.39. The van der Waals surface area contributed by atoms with E-state index in [2.05, 4.69) is 29.8 Å². The molecule has 0 saturated carbocycles. The fourth-order valence-corrected chi connectivity index (χ4v) is 3.21. The first kappa shape index (κ1) is 16.8. The number of rotatable bonds is 5. The highest BCUT2D eigenvalue weighted by molar-refractivity contribution is 7.18. The Morgan fingerprint density at radius 1 is 1.28 bits per heavy atom. The Hall–Kier alpha value is -3.07. The molecule has 25 heavy (non-hydrogen) atoms. The molecule has 9 heteroatoms. The fourth-order valence-electron chi connectivity index (χ4n) is 2.19. The van der Waals surface area contributed by atoms with Crippen LogP contribution in [0, 0.1) is 11.8 Å². The molecule has 8 nitrogen and oxygen atoms in total. The van der Waals surface area contributed by atoms with Crippen LogP contribution >= 0.6 is 11.3 Å². The summed E-state index contributed by atoms with van der Waals surface area (Å²) in [6.45, 7) is 1.86. The van der Waals surface area contributed by atoms with E-state index in [0.717, 1.165) is 21.1 Å². The second-order valence-electron chi connectivity index (χ2n) is 5.01. The Bertz CT molecular complexity index is 913. The lowest BCUT2D eigenvalue weighted by Gasteiger charge is -2.06. The van der Waals surface area contributed by atoms with Gasteiger partial charge in [0.15, 0.2) is 5.82 Å². The molecule has 0 aliphatic heterocycles. The summed E-state index contributed by atoms with van der Waals surface area (Å²) in [7, 11) is 1.18. The second kappa shape index (κ2) is 7.22. The molecule has 0 aliphatic carbocycles. The van der Waals surface area contributed by atoms with Crippen LogP contribution in [0.2, 0.25) is 0 Å². The minimum absolute atomic E-state index is 0.00456. The van der Waals surface area contributed by atoms with Crippen molar-refractivity contribution in [2.24, 2.45) is 5.18 Å². The second-order valence-corrected chi connectivity index (χ2v) is 6.01. The molecule has 3 rings (SSSR count). The molecular weight excluding hydrogens is 342 g/mol. The summed E-state index contributed by atoms with van der Waals surface area (Å²) in [5, 5.41) is 3.57. The van der Waals surface area contributed by atoms with Gasteiger partial charge in [0.1, 0.15) is 5.01 Å². The number of carbonyl (C=O) groups is 1. The van der Waals surface area contributed by atoms with Gasteiger partial charge in [0, 0.05) is 24.2 Å². The predicted octanol–water partition coefficient (Wildman–Crippen LogP) is 2.95. The Labute approximate surface area is 146 Å². The number of aromatic nitrogens is 4. The number of aryl methyl sites for hydroxylation is 1. The number of methoxy groups -OCH3 is 1. The molecule has 0 radical (unpaired) electrons. The smallest absolute Gasteiger partial charge is 0.342 e. The maximum Gasteiger partial charge on any atom is 0.342 e. The van der Waals surface area contributed by atoms with E-state index in [4.69, 9.17) is 0 Å². The number of ether oxygens (including phenoxy) is 1. The zero-order valence-corrected chi connectivity index (χ0v) is 14.2. The van der Waals surface area contributed by atoms with Gasteiger partial charge in [0.25, 0.3) is 0 Å². The number of hydrogen-bond donors (Lipinski definition) is 0. The quantitative estimate of drug-likeness (QED) is 0.511. The number of hydrogen-bond acceptors (Lipinski definition) is 9. The average Bonchev–Trinajstić information content (AvgIpc) is 3.05. The molecule has 1 unspecified atom stereocenters. The van der Waals surface area contributed by atoms with E-state index in [0.29, 0.717) is 5.69 Å². The third kappa shape index (κ3) is 3.41. The van der Waals surface area contributed by atoms with Crippen molar-refractivity contribution in [3.63, 3.8) is 0 Å². The van der Waals surface area contributed by atoms with Gasteiger partial charge in [-0.25, -0.2) is 19.7 Å². The molecule has 0 amide bonds. The molecule has 0 N–H and O–H groups in total. The topological polar surface area (TPSA) is 107 Å². The molecule has 1 atom stereocenters. The van der Waals surface area contributed by atoms with E-state index in [9.17, 15) is 9.70 Å². The summed E-state index contributed by atoms with van der Waals surface area (Å²) < 4.78 is 4.56. The molecule has 3 aromatic heterocycles. The Kier molecular flexibility index (Phi) is 4.85. The number of nitrogens with zero attached hydrogens (tertiary/aromatic N) is 5. The normalized spacial score (nSPS) is 11.8. The van der Waals surface area contributed by atoms with Crippen LogP contribution in [0.15, 0.2) is 42.0 Å². The molecule has 0 aliphatic rings. The van der Waals surface area contributed by atoms with E-state index in [1.165, 1.54) is 24.6 Å². The van der Waals surface area contributed by atoms with E-state index < -0.39 is 12.0 Å². The highest BCUT2D eigenvalue weighted by Gasteiger charge is 2.26. The molecule has 3 heterocycles. The first-order valence-electron chi connectivity index (χ1n) is 7.25. The number of carbonyl (C=O) groups excluding carboxylic acids is 1. The summed E-state index contributed by atoms with van der Waals surface area (Å²) >= 11 is 1.44. The van der Waals surface area contributed by atoms with Crippen LogP contribution in [0.5, 0.6) is 0 Å². The molecule has 0 fully saturated rings.